The summed E-state index contributed by atoms with van der Waals surface area (Å²) in [7, 11) is -3.25. The summed E-state index contributed by atoms with van der Waals surface area (Å²) in [5.74, 6) is -0.219. The molecule has 0 N–H and O–H groups in total. The maximum Gasteiger partial charge on any atom is 0.274 e. The molecule has 2 heterocycles. The molecule has 122 valence electrons. The van der Waals surface area contributed by atoms with E-state index in [1.165, 1.54) is 16.8 Å². The van der Waals surface area contributed by atoms with Gasteiger partial charge in [0.1, 0.15) is 5.69 Å². The van der Waals surface area contributed by atoms with Crippen molar-refractivity contribution in [1.29, 1.82) is 0 Å². The highest BCUT2D eigenvalue weighted by Gasteiger charge is 2.32. The predicted octanol–water partition coefficient (Wildman–Crippen LogP) is 0.736. The number of rotatable bonds is 2. The second-order valence-electron chi connectivity index (χ2n) is 5.72. The van der Waals surface area contributed by atoms with Crippen LogP contribution in [0.15, 0.2) is 30.5 Å². The number of carbonyl (C=O) groups excluding carboxylic acids is 1. The van der Waals surface area contributed by atoms with E-state index < -0.39 is 10.0 Å². The van der Waals surface area contributed by atoms with Gasteiger partial charge in [0.2, 0.25) is 10.0 Å². The molecule has 0 bridgehead atoms. The lowest BCUT2D eigenvalue weighted by molar-refractivity contribution is 0.0637. The summed E-state index contributed by atoms with van der Waals surface area (Å²) in [4.78, 5) is 22.8. The van der Waals surface area contributed by atoms with E-state index in [9.17, 15) is 13.2 Å². The van der Waals surface area contributed by atoms with Crippen LogP contribution < -0.4 is 0 Å². The number of nitrogens with zero attached hydrogens (tertiary/aromatic N) is 4. The number of para-hydroxylation sites is 2. The summed E-state index contributed by atoms with van der Waals surface area (Å²) in [5.41, 5.74) is 1.68. The molecule has 0 unspecified atom stereocenters. The molecule has 1 aromatic heterocycles. The Bertz CT molecular complexity index is 853. The van der Waals surface area contributed by atoms with Crippen LogP contribution in [0.5, 0.6) is 0 Å². The van der Waals surface area contributed by atoms with Crippen LogP contribution in [0.4, 0.5) is 0 Å². The zero-order valence-electron chi connectivity index (χ0n) is 13.0. The van der Waals surface area contributed by atoms with Crippen LogP contribution in [0.2, 0.25) is 0 Å². The first-order valence-electron chi connectivity index (χ1n) is 7.34. The molecule has 8 heteroatoms. The van der Waals surface area contributed by atoms with Crippen LogP contribution in [0.25, 0.3) is 11.0 Å². The Kier molecular flexibility index (Phi) is 4.03. The molecule has 1 aromatic carbocycles. The summed E-state index contributed by atoms with van der Waals surface area (Å²) in [6, 6.07) is 7.10. The number of fused-ring (bicyclic) bond motifs is 1. The molecule has 3 rings (SSSR count). The lowest BCUT2D eigenvalue weighted by Crippen LogP contribution is -2.55. The summed E-state index contributed by atoms with van der Waals surface area (Å²) < 4.78 is 24.8. The third-order valence-corrected chi connectivity index (χ3v) is 5.34. The van der Waals surface area contributed by atoms with Gasteiger partial charge in [-0.2, -0.15) is 4.31 Å². The Hall–Kier alpha value is -2.06. The predicted molar refractivity (Wildman–Crippen MR) is 86.5 cm³/mol. The monoisotopic (exact) mass is 334 g/mol. The zero-order valence-corrected chi connectivity index (χ0v) is 13.8. The van der Waals surface area contributed by atoms with Gasteiger partial charge in [-0.15, -0.1) is 0 Å². The molecule has 7 nitrogen and oxygen atoms in total. The molecule has 1 atom stereocenters. The molecule has 1 fully saturated rings. The van der Waals surface area contributed by atoms with Crippen molar-refractivity contribution in [2.45, 2.75) is 13.0 Å². The fourth-order valence-corrected chi connectivity index (χ4v) is 3.97. The van der Waals surface area contributed by atoms with Crippen LogP contribution in [0.3, 0.4) is 0 Å². The van der Waals surface area contributed by atoms with Gasteiger partial charge in [-0.3, -0.25) is 9.78 Å². The van der Waals surface area contributed by atoms with E-state index in [0.29, 0.717) is 25.2 Å². The van der Waals surface area contributed by atoms with Crippen LogP contribution >= 0.6 is 0 Å². The van der Waals surface area contributed by atoms with Crippen LogP contribution in [-0.4, -0.2) is 65.4 Å². The Morgan fingerprint density at radius 1 is 1.22 bits per heavy atom. The van der Waals surface area contributed by atoms with Crippen molar-refractivity contribution in [1.82, 2.24) is 19.2 Å². The van der Waals surface area contributed by atoms with E-state index >= 15 is 0 Å². The maximum atomic E-state index is 12.6. The number of carbonyl (C=O) groups is 1. The highest BCUT2D eigenvalue weighted by Crippen LogP contribution is 2.16. The number of piperazine rings is 1. The highest BCUT2D eigenvalue weighted by atomic mass is 32.2. The van der Waals surface area contributed by atoms with Gasteiger partial charge in [0.15, 0.2) is 0 Å². The Morgan fingerprint density at radius 3 is 2.57 bits per heavy atom. The first kappa shape index (κ1) is 15.8. The third-order valence-electron chi connectivity index (χ3n) is 3.95. The minimum absolute atomic E-state index is 0.219. The topological polar surface area (TPSA) is 83.5 Å². The van der Waals surface area contributed by atoms with Crippen molar-refractivity contribution in [3.05, 3.63) is 36.2 Å². The lowest BCUT2D eigenvalue weighted by Gasteiger charge is -2.38. The van der Waals surface area contributed by atoms with Crippen molar-refractivity contribution in [3.63, 3.8) is 0 Å². The SMILES string of the molecule is C[C@H]1CN(C(=O)c2cnc3ccccc3n2)CCN1S(C)(=O)=O. The normalized spacial score (nSPS) is 19.9. The molecule has 2 aromatic rings. The molecule has 0 aliphatic carbocycles. The van der Waals surface area contributed by atoms with Gasteiger partial charge >= 0.3 is 0 Å². The number of aromatic nitrogens is 2. The largest absolute Gasteiger partial charge is 0.334 e. The number of benzene rings is 1. The minimum atomic E-state index is -3.25. The van der Waals surface area contributed by atoms with E-state index in [1.807, 2.05) is 24.3 Å². The van der Waals surface area contributed by atoms with Gasteiger partial charge in [0.05, 0.1) is 23.5 Å². The van der Waals surface area contributed by atoms with Gasteiger partial charge in [-0.25, -0.2) is 13.4 Å². The van der Waals surface area contributed by atoms with Crippen molar-refractivity contribution in [2.24, 2.45) is 0 Å². The smallest absolute Gasteiger partial charge is 0.274 e. The van der Waals surface area contributed by atoms with Crippen molar-refractivity contribution in [3.8, 4) is 0 Å². The fraction of sp³-hybridized carbons (Fsp3) is 0.400. The third kappa shape index (κ3) is 3.18. The molecular weight excluding hydrogens is 316 g/mol. The van der Waals surface area contributed by atoms with Gasteiger partial charge in [-0.1, -0.05) is 12.1 Å². The molecule has 0 spiro atoms. The average Bonchev–Trinajstić information content (AvgIpc) is 2.52. The molecule has 1 saturated heterocycles. The molecule has 23 heavy (non-hydrogen) atoms. The van der Waals surface area contributed by atoms with E-state index in [4.69, 9.17) is 0 Å². The Labute approximate surface area is 135 Å². The molecule has 1 aliphatic rings. The standard InChI is InChI=1S/C15H18N4O3S/c1-11-10-18(7-8-19(11)23(2,21)22)15(20)14-9-16-12-5-3-4-6-13(12)17-14/h3-6,9,11H,7-8,10H2,1-2H3/t11-/m0/s1. The number of amides is 1. The van der Waals surface area contributed by atoms with E-state index in [1.54, 1.807) is 11.8 Å². The van der Waals surface area contributed by atoms with Crippen molar-refractivity contribution in [2.75, 3.05) is 25.9 Å². The van der Waals surface area contributed by atoms with Gasteiger partial charge in [-0.05, 0) is 19.1 Å². The van der Waals surface area contributed by atoms with Crippen LogP contribution in [-0.2, 0) is 10.0 Å². The Morgan fingerprint density at radius 2 is 1.91 bits per heavy atom. The summed E-state index contributed by atoms with van der Waals surface area (Å²) in [5, 5.41) is 0. The van der Waals surface area contributed by atoms with E-state index in [0.717, 1.165) is 5.52 Å². The molecule has 1 amide bonds. The number of hydrogen-bond acceptors (Lipinski definition) is 5. The quantitative estimate of drug-likeness (QED) is 0.809. The first-order chi connectivity index (χ1) is 10.9. The van der Waals surface area contributed by atoms with E-state index in [2.05, 4.69) is 9.97 Å². The summed E-state index contributed by atoms with van der Waals surface area (Å²) >= 11 is 0. The van der Waals surface area contributed by atoms with Crippen molar-refractivity contribution >= 4 is 27.0 Å². The van der Waals surface area contributed by atoms with Crippen LogP contribution in [0, 0.1) is 0 Å². The molecular formula is C15H18N4O3S. The molecule has 1 aliphatic heterocycles. The second-order valence-corrected chi connectivity index (χ2v) is 7.65. The van der Waals surface area contributed by atoms with Gasteiger partial charge < -0.3 is 4.90 Å². The summed E-state index contributed by atoms with van der Waals surface area (Å²) in [6.07, 6.45) is 2.66. The Balaban J connectivity index is 1.80. The number of hydrogen-bond donors (Lipinski definition) is 0. The summed E-state index contributed by atoms with van der Waals surface area (Å²) in [6.45, 7) is 2.80. The van der Waals surface area contributed by atoms with Crippen molar-refractivity contribution < 1.29 is 13.2 Å². The van der Waals surface area contributed by atoms with Gasteiger partial charge in [0, 0.05) is 25.7 Å². The molecule has 0 radical (unpaired) electrons. The van der Waals surface area contributed by atoms with E-state index in [-0.39, 0.29) is 17.6 Å². The first-order valence-corrected chi connectivity index (χ1v) is 9.19. The zero-order chi connectivity index (χ0) is 16.6. The average molecular weight is 334 g/mol. The second kappa shape index (κ2) is 5.86. The lowest BCUT2D eigenvalue weighted by atomic mass is 10.2. The molecule has 0 saturated carbocycles. The highest BCUT2D eigenvalue weighted by molar-refractivity contribution is 7.88. The van der Waals surface area contributed by atoms with Gasteiger partial charge in [0.25, 0.3) is 5.91 Å². The van der Waals surface area contributed by atoms with Crippen LogP contribution in [0.1, 0.15) is 17.4 Å². The number of sulfonamides is 1. The minimum Gasteiger partial charge on any atom is -0.334 e. The fourth-order valence-electron chi connectivity index (χ4n) is 2.84. The maximum absolute atomic E-state index is 12.6.